The van der Waals surface area contributed by atoms with Gasteiger partial charge in [0.2, 0.25) is 0 Å². The number of benzene rings is 2. The molecule has 0 aromatic heterocycles. The lowest BCUT2D eigenvalue weighted by molar-refractivity contribution is 0.670. The van der Waals surface area contributed by atoms with Gasteiger partial charge >= 0.3 is 0 Å². The van der Waals surface area contributed by atoms with Gasteiger partial charge < -0.3 is 0 Å². The van der Waals surface area contributed by atoms with E-state index in [0.29, 0.717) is 11.8 Å². The Balaban J connectivity index is 1.62. The molecular weight excluding hydrogens is 276 g/mol. The molecular formula is C23H20. The smallest absolute Gasteiger partial charge is 0.0125 e. The Morgan fingerprint density at radius 3 is 2.04 bits per heavy atom. The van der Waals surface area contributed by atoms with Crippen LogP contribution in [0, 0.1) is 12.8 Å². The van der Waals surface area contributed by atoms with Crippen molar-refractivity contribution in [3.8, 4) is 11.1 Å². The van der Waals surface area contributed by atoms with Gasteiger partial charge in [0.05, 0.1) is 0 Å². The molecule has 4 rings (SSSR count). The van der Waals surface area contributed by atoms with Gasteiger partial charge in [-0.1, -0.05) is 96.6 Å². The standard InChI is InChI=1S/C23H20/c1-17-9-11-18(12-10-17)19-13-15-21(16-14-19)23-8-4-6-20-5-2-3-7-22(20)23/h2-16,22-23H,1H3. The minimum absolute atomic E-state index is 0.434. The monoisotopic (exact) mass is 296 g/mol. The topological polar surface area (TPSA) is 0 Å². The van der Waals surface area contributed by atoms with E-state index in [1.807, 2.05) is 0 Å². The number of allylic oxidation sites excluding steroid dienone is 8. The molecule has 2 aliphatic rings. The molecule has 2 atom stereocenters. The van der Waals surface area contributed by atoms with Crippen LogP contribution in [0.15, 0.2) is 96.6 Å². The van der Waals surface area contributed by atoms with Crippen LogP contribution in [-0.4, -0.2) is 0 Å². The molecule has 0 N–H and O–H groups in total. The van der Waals surface area contributed by atoms with Gasteiger partial charge in [0.25, 0.3) is 0 Å². The second-order valence-corrected chi connectivity index (χ2v) is 6.34. The first-order valence-electron chi connectivity index (χ1n) is 8.21. The molecule has 0 radical (unpaired) electrons. The van der Waals surface area contributed by atoms with Crippen molar-refractivity contribution in [2.24, 2.45) is 5.92 Å². The summed E-state index contributed by atoms with van der Waals surface area (Å²) in [5, 5.41) is 0. The molecule has 0 heterocycles. The maximum Gasteiger partial charge on any atom is 0.0125 e. The number of hydrogen-bond acceptors (Lipinski definition) is 0. The normalized spacial score (nSPS) is 21.9. The summed E-state index contributed by atoms with van der Waals surface area (Å²) < 4.78 is 0. The zero-order valence-electron chi connectivity index (χ0n) is 13.3. The number of fused-ring (bicyclic) bond motifs is 1. The van der Waals surface area contributed by atoms with Gasteiger partial charge in [-0.3, -0.25) is 0 Å². The molecule has 0 aliphatic heterocycles. The Bertz CT molecular complexity index is 811. The van der Waals surface area contributed by atoms with E-state index in [-0.39, 0.29) is 0 Å². The quantitative estimate of drug-likeness (QED) is 0.639. The van der Waals surface area contributed by atoms with E-state index in [4.69, 9.17) is 0 Å². The van der Waals surface area contributed by atoms with E-state index in [9.17, 15) is 0 Å². The zero-order chi connectivity index (χ0) is 15.6. The van der Waals surface area contributed by atoms with Crippen molar-refractivity contribution in [2.75, 3.05) is 0 Å². The van der Waals surface area contributed by atoms with Crippen LogP contribution in [0.2, 0.25) is 0 Å². The van der Waals surface area contributed by atoms with Gasteiger partial charge in [0.15, 0.2) is 0 Å². The maximum atomic E-state index is 2.32. The van der Waals surface area contributed by atoms with Crippen LogP contribution in [0.1, 0.15) is 17.0 Å². The number of aryl methyl sites for hydroxylation is 1. The van der Waals surface area contributed by atoms with Crippen molar-refractivity contribution in [3.05, 3.63) is 108 Å². The highest BCUT2D eigenvalue weighted by Gasteiger charge is 2.24. The molecule has 2 unspecified atom stereocenters. The molecule has 0 spiro atoms. The zero-order valence-corrected chi connectivity index (χ0v) is 13.3. The van der Waals surface area contributed by atoms with Crippen molar-refractivity contribution >= 4 is 0 Å². The molecule has 23 heavy (non-hydrogen) atoms. The highest BCUT2D eigenvalue weighted by Crippen LogP contribution is 2.38. The average molecular weight is 296 g/mol. The highest BCUT2D eigenvalue weighted by molar-refractivity contribution is 5.64. The third-order valence-electron chi connectivity index (χ3n) is 4.78. The van der Waals surface area contributed by atoms with E-state index >= 15 is 0 Å². The molecule has 0 fully saturated rings. The predicted molar refractivity (Wildman–Crippen MR) is 98.3 cm³/mol. The van der Waals surface area contributed by atoms with Gasteiger partial charge in [-0.2, -0.15) is 0 Å². The molecule has 0 bridgehead atoms. The van der Waals surface area contributed by atoms with Crippen LogP contribution >= 0.6 is 0 Å². The summed E-state index contributed by atoms with van der Waals surface area (Å²) in [6.45, 7) is 2.12. The second-order valence-electron chi connectivity index (χ2n) is 6.34. The molecule has 0 saturated carbocycles. The van der Waals surface area contributed by atoms with E-state index < -0.39 is 0 Å². The van der Waals surface area contributed by atoms with Crippen molar-refractivity contribution in [2.45, 2.75) is 12.8 Å². The highest BCUT2D eigenvalue weighted by atomic mass is 14.3. The van der Waals surface area contributed by atoms with Gasteiger partial charge in [-0.15, -0.1) is 0 Å². The lowest BCUT2D eigenvalue weighted by Crippen LogP contribution is -2.14. The molecule has 0 heteroatoms. The lowest BCUT2D eigenvalue weighted by Gasteiger charge is -2.28. The summed E-state index contributed by atoms with van der Waals surface area (Å²) in [5.74, 6) is 0.901. The van der Waals surface area contributed by atoms with E-state index in [0.717, 1.165) is 0 Å². The van der Waals surface area contributed by atoms with Gasteiger partial charge in [-0.25, -0.2) is 0 Å². The molecule has 0 nitrogen and oxygen atoms in total. The Hall–Kier alpha value is -2.60. The summed E-state index contributed by atoms with van der Waals surface area (Å²) >= 11 is 0. The summed E-state index contributed by atoms with van der Waals surface area (Å²) in [7, 11) is 0. The van der Waals surface area contributed by atoms with Crippen LogP contribution in [0.5, 0.6) is 0 Å². The van der Waals surface area contributed by atoms with E-state index in [1.165, 1.54) is 27.8 Å². The van der Waals surface area contributed by atoms with Crippen molar-refractivity contribution in [1.82, 2.24) is 0 Å². The van der Waals surface area contributed by atoms with Crippen LogP contribution in [0.25, 0.3) is 11.1 Å². The van der Waals surface area contributed by atoms with Crippen LogP contribution in [-0.2, 0) is 0 Å². The van der Waals surface area contributed by atoms with Gasteiger partial charge in [-0.05, 0) is 29.2 Å². The first-order chi connectivity index (χ1) is 11.3. The summed E-state index contributed by atoms with van der Waals surface area (Å²) in [4.78, 5) is 0. The van der Waals surface area contributed by atoms with Crippen LogP contribution < -0.4 is 0 Å². The third kappa shape index (κ3) is 2.73. The number of rotatable bonds is 2. The predicted octanol–water partition coefficient (Wildman–Crippen LogP) is 5.98. The van der Waals surface area contributed by atoms with Crippen molar-refractivity contribution < 1.29 is 0 Å². The summed E-state index contributed by atoms with van der Waals surface area (Å²) in [5.41, 5.74) is 6.65. The largest absolute Gasteiger partial charge is 0.0761 e. The van der Waals surface area contributed by atoms with Crippen LogP contribution in [0.3, 0.4) is 0 Å². The molecule has 2 aromatic rings. The van der Waals surface area contributed by atoms with Gasteiger partial charge in [0.1, 0.15) is 0 Å². The Labute approximate surface area is 138 Å². The van der Waals surface area contributed by atoms with Crippen molar-refractivity contribution in [3.63, 3.8) is 0 Å². The van der Waals surface area contributed by atoms with Gasteiger partial charge in [0, 0.05) is 11.8 Å². The first kappa shape index (κ1) is 14.0. The minimum atomic E-state index is 0.434. The summed E-state index contributed by atoms with van der Waals surface area (Å²) in [6, 6.07) is 17.8. The van der Waals surface area contributed by atoms with Crippen LogP contribution in [0.4, 0.5) is 0 Å². The minimum Gasteiger partial charge on any atom is -0.0761 e. The second kappa shape index (κ2) is 5.89. The average Bonchev–Trinajstić information content (AvgIpc) is 2.62. The third-order valence-corrected chi connectivity index (χ3v) is 4.78. The van der Waals surface area contributed by atoms with Crippen molar-refractivity contribution in [1.29, 1.82) is 0 Å². The Morgan fingerprint density at radius 1 is 0.652 bits per heavy atom. The fraction of sp³-hybridized carbons (Fsp3) is 0.130. The molecule has 2 aromatic carbocycles. The fourth-order valence-corrected chi connectivity index (χ4v) is 3.43. The molecule has 0 saturated heterocycles. The fourth-order valence-electron chi connectivity index (χ4n) is 3.43. The summed E-state index contributed by atoms with van der Waals surface area (Å²) in [6.07, 6.45) is 15.6. The molecule has 0 amide bonds. The van der Waals surface area contributed by atoms with E-state index in [1.54, 1.807) is 0 Å². The SMILES string of the molecule is Cc1ccc(-c2ccc(C3C=CC=C4C=CC=CC43)cc2)cc1. The lowest BCUT2D eigenvalue weighted by atomic mass is 9.76. The maximum absolute atomic E-state index is 2.32. The first-order valence-corrected chi connectivity index (χ1v) is 8.21. The molecule has 2 aliphatic carbocycles. The molecule has 112 valence electrons. The Morgan fingerprint density at radius 2 is 1.30 bits per heavy atom. The van der Waals surface area contributed by atoms with E-state index in [2.05, 4.69) is 98.0 Å². The number of hydrogen-bond donors (Lipinski definition) is 0. The Kier molecular flexibility index (Phi) is 3.59.